The molecule has 17 heteroatoms. The second kappa shape index (κ2) is 11.2. The minimum absolute atomic E-state index is 0.169. The number of sulfonamides is 1. The van der Waals surface area contributed by atoms with Crippen molar-refractivity contribution in [3.8, 4) is 11.3 Å². The van der Waals surface area contributed by atoms with Crippen molar-refractivity contribution >= 4 is 50.5 Å². The number of nitrogens with zero attached hydrogens (tertiary/aromatic N) is 6. The van der Waals surface area contributed by atoms with Crippen LogP contribution in [-0.4, -0.2) is 47.2 Å². The maximum atomic E-state index is 14.4. The molecule has 0 bridgehead atoms. The van der Waals surface area contributed by atoms with Crippen LogP contribution >= 0.6 is 11.6 Å². The minimum atomic E-state index is -4.63. The van der Waals surface area contributed by atoms with E-state index in [1.54, 1.807) is 11.8 Å². The number of hydrogen-bond donors (Lipinski definition) is 1. The highest BCUT2D eigenvalue weighted by Gasteiger charge is 2.36. The molecule has 0 aliphatic carbocycles. The minimum Gasteiger partial charge on any atom is -0.310 e. The molecule has 1 saturated heterocycles. The standard InChI is InChI=1S/C28H23ClF5N7O3S/c1-2-41-21(12-23(37-41)28(32,33)34)16-13-35-27(36-14-16)40-7-5-15-8-18(11-22(26(15)40)39-6-3-4-24(39)42)45(43,44)38-25-19(30)9-17(29)10-20(25)31/h8-14,38H,2-7H2,1H3. The van der Waals surface area contributed by atoms with E-state index in [1.807, 2.05) is 4.72 Å². The third-order valence-electron chi connectivity index (χ3n) is 7.48. The number of hydrogen-bond acceptors (Lipinski definition) is 7. The number of rotatable bonds is 7. The van der Waals surface area contributed by atoms with Crippen LogP contribution in [0.15, 0.2) is 47.6 Å². The first-order valence-corrected chi connectivity index (χ1v) is 15.5. The van der Waals surface area contributed by atoms with Gasteiger partial charge in [0.1, 0.15) is 5.69 Å². The highest BCUT2D eigenvalue weighted by Crippen LogP contribution is 2.44. The fourth-order valence-corrected chi connectivity index (χ4v) is 6.75. The van der Waals surface area contributed by atoms with Crippen LogP contribution in [0.25, 0.3) is 11.3 Å². The molecule has 0 spiro atoms. The quantitative estimate of drug-likeness (QED) is 0.243. The van der Waals surface area contributed by atoms with Crippen LogP contribution in [0, 0.1) is 11.6 Å². The smallest absolute Gasteiger partial charge is 0.310 e. The molecule has 2 aliphatic rings. The van der Waals surface area contributed by atoms with Gasteiger partial charge >= 0.3 is 6.18 Å². The van der Waals surface area contributed by atoms with Crippen LogP contribution in [-0.2, 0) is 34.0 Å². The van der Waals surface area contributed by atoms with E-state index in [0.29, 0.717) is 36.2 Å². The van der Waals surface area contributed by atoms with Gasteiger partial charge in [-0.25, -0.2) is 27.2 Å². The van der Waals surface area contributed by atoms with Gasteiger partial charge in [-0.2, -0.15) is 18.3 Å². The Hall–Kier alpha value is -4.31. The molecule has 1 amide bonds. The second-order valence-electron chi connectivity index (χ2n) is 10.4. The molecule has 10 nitrogen and oxygen atoms in total. The number of benzene rings is 2. The molecule has 1 fully saturated rings. The Labute approximate surface area is 258 Å². The predicted octanol–water partition coefficient (Wildman–Crippen LogP) is 5.93. The van der Waals surface area contributed by atoms with E-state index < -0.39 is 39.2 Å². The lowest BCUT2D eigenvalue weighted by atomic mass is 10.1. The van der Waals surface area contributed by atoms with Crippen molar-refractivity contribution in [2.45, 2.75) is 43.8 Å². The van der Waals surface area contributed by atoms with Gasteiger partial charge in [0.25, 0.3) is 10.0 Å². The summed E-state index contributed by atoms with van der Waals surface area (Å²) in [5.41, 5.74) is -0.241. The third kappa shape index (κ3) is 5.67. The molecule has 0 atom stereocenters. The highest BCUT2D eigenvalue weighted by atomic mass is 35.5. The number of carbonyl (C=O) groups is 1. The summed E-state index contributed by atoms with van der Waals surface area (Å²) in [6.07, 6.45) is -0.829. The summed E-state index contributed by atoms with van der Waals surface area (Å²) in [7, 11) is -4.55. The van der Waals surface area contributed by atoms with Gasteiger partial charge in [-0.15, -0.1) is 0 Å². The molecule has 2 aliphatic heterocycles. The zero-order valence-electron chi connectivity index (χ0n) is 23.4. The molecule has 1 N–H and O–H groups in total. The van der Waals surface area contributed by atoms with Crippen LogP contribution < -0.4 is 14.5 Å². The lowest BCUT2D eigenvalue weighted by molar-refractivity contribution is -0.141. The molecule has 2 aromatic carbocycles. The van der Waals surface area contributed by atoms with E-state index in [9.17, 15) is 35.2 Å². The summed E-state index contributed by atoms with van der Waals surface area (Å²) in [5.74, 6) is -2.49. The number of aryl methyl sites for hydroxylation is 1. The zero-order valence-corrected chi connectivity index (χ0v) is 24.9. The van der Waals surface area contributed by atoms with E-state index in [2.05, 4.69) is 15.1 Å². The average molecular weight is 668 g/mol. The Balaban J connectivity index is 1.39. The number of nitrogens with one attached hydrogen (secondary N) is 1. The number of amides is 1. The van der Waals surface area contributed by atoms with Gasteiger partial charge in [0, 0.05) is 49.0 Å². The molecule has 6 rings (SSSR count). The van der Waals surface area contributed by atoms with Gasteiger partial charge in [0.2, 0.25) is 11.9 Å². The third-order valence-corrected chi connectivity index (χ3v) is 9.03. The maximum absolute atomic E-state index is 14.4. The Morgan fingerprint density at radius 3 is 2.27 bits per heavy atom. The number of halogens is 6. The van der Waals surface area contributed by atoms with Gasteiger partial charge < -0.3 is 9.80 Å². The Bertz CT molecular complexity index is 1910. The lowest BCUT2D eigenvalue weighted by Gasteiger charge is -2.26. The van der Waals surface area contributed by atoms with Gasteiger partial charge in [-0.1, -0.05) is 11.6 Å². The van der Waals surface area contributed by atoms with Crippen molar-refractivity contribution in [2.24, 2.45) is 0 Å². The van der Waals surface area contributed by atoms with Crippen molar-refractivity contribution in [2.75, 3.05) is 27.6 Å². The van der Waals surface area contributed by atoms with Crippen molar-refractivity contribution in [1.29, 1.82) is 0 Å². The molecule has 4 heterocycles. The van der Waals surface area contributed by atoms with Crippen LogP contribution in [0.5, 0.6) is 0 Å². The summed E-state index contributed by atoms with van der Waals surface area (Å²) >= 11 is 5.66. The van der Waals surface area contributed by atoms with Crippen molar-refractivity contribution in [3.63, 3.8) is 0 Å². The summed E-state index contributed by atoms with van der Waals surface area (Å²) in [4.78, 5) is 24.4. The van der Waals surface area contributed by atoms with E-state index in [-0.39, 0.29) is 52.7 Å². The average Bonchev–Trinajstić information content (AvgIpc) is 3.72. The Kier molecular flexibility index (Phi) is 7.67. The molecule has 0 radical (unpaired) electrons. The summed E-state index contributed by atoms with van der Waals surface area (Å²) < 4.78 is 98.6. The fourth-order valence-electron chi connectivity index (χ4n) is 5.41. The van der Waals surface area contributed by atoms with Crippen molar-refractivity contribution in [3.05, 3.63) is 70.6 Å². The molecule has 4 aromatic rings. The van der Waals surface area contributed by atoms with Gasteiger partial charge in [0.05, 0.1) is 22.0 Å². The number of aromatic nitrogens is 4. The summed E-state index contributed by atoms with van der Waals surface area (Å²) in [6.45, 7) is 2.42. The van der Waals surface area contributed by atoms with Crippen LogP contribution in [0.4, 0.5) is 45.0 Å². The topological polar surface area (TPSA) is 113 Å². The molecular formula is C28H23ClF5N7O3S. The normalized spacial score (nSPS) is 15.2. The lowest BCUT2D eigenvalue weighted by Crippen LogP contribution is -2.27. The van der Waals surface area contributed by atoms with Crippen LogP contribution in [0.1, 0.15) is 31.0 Å². The SMILES string of the molecule is CCn1nc(C(F)(F)F)cc1-c1cnc(N2CCc3cc(S(=O)(=O)Nc4c(F)cc(Cl)cc4F)cc(N4CCCC4=O)c32)nc1. The largest absolute Gasteiger partial charge is 0.435 e. The van der Waals surface area contributed by atoms with E-state index >= 15 is 0 Å². The van der Waals surface area contributed by atoms with Crippen LogP contribution in [0.3, 0.4) is 0 Å². The Morgan fingerprint density at radius 2 is 1.67 bits per heavy atom. The second-order valence-corrected chi connectivity index (χ2v) is 12.5. The van der Waals surface area contributed by atoms with Gasteiger partial charge in [-0.05, 0) is 55.7 Å². The molecule has 0 unspecified atom stereocenters. The van der Waals surface area contributed by atoms with Crippen molar-refractivity contribution in [1.82, 2.24) is 19.7 Å². The zero-order chi connectivity index (χ0) is 32.3. The highest BCUT2D eigenvalue weighted by molar-refractivity contribution is 7.92. The number of anilines is 4. The monoisotopic (exact) mass is 667 g/mol. The summed E-state index contributed by atoms with van der Waals surface area (Å²) in [5, 5.41) is 3.37. The van der Waals surface area contributed by atoms with E-state index in [4.69, 9.17) is 11.6 Å². The van der Waals surface area contributed by atoms with Gasteiger partial charge in [0.15, 0.2) is 17.3 Å². The molecule has 236 valence electrons. The fraction of sp³-hybridized carbons (Fsp3) is 0.286. The van der Waals surface area contributed by atoms with E-state index in [1.165, 1.54) is 34.1 Å². The van der Waals surface area contributed by atoms with Crippen molar-refractivity contribution < 1.29 is 35.2 Å². The summed E-state index contributed by atoms with van der Waals surface area (Å²) in [6, 6.07) is 5.06. The van der Waals surface area contributed by atoms with E-state index in [0.717, 1.165) is 18.2 Å². The molecule has 45 heavy (non-hydrogen) atoms. The number of fused-ring (bicyclic) bond motifs is 1. The number of carbonyl (C=O) groups excluding carboxylic acids is 1. The maximum Gasteiger partial charge on any atom is 0.435 e. The Morgan fingerprint density at radius 1 is 0.978 bits per heavy atom. The van der Waals surface area contributed by atoms with Gasteiger partial charge in [-0.3, -0.25) is 14.2 Å². The first-order chi connectivity index (χ1) is 21.3. The molecule has 2 aromatic heterocycles. The van der Waals surface area contributed by atoms with Crippen LogP contribution in [0.2, 0.25) is 5.02 Å². The predicted molar refractivity (Wildman–Crippen MR) is 155 cm³/mol. The number of alkyl halides is 3. The molecule has 0 saturated carbocycles. The first-order valence-electron chi connectivity index (χ1n) is 13.7. The molecular weight excluding hydrogens is 645 g/mol. The first kappa shape index (κ1) is 30.7.